The molecule has 1 spiro atoms. The molecule has 1 saturated heterocycles. The number of carbonyl (C=O) groups is 1. The third-order valence-electron chi connectivity index (χ3n) is 5.72. The fraction of sp³-hybridized carbons (Fsp3) is 0.400. The summed E-state index contributed by atoms with van der Waals surface area (Å²) in [7, 11) is 0. The quantitative estimate of drug-likeness (QED) is 0.870. The van der Waals surface area contributed by atoms with Crippen molar-refractivity contribution in [3.05, 3.63) is 58.7 Å². The number of anilines is 1. The maximum atomic E-state index is 12.3. The van der Waals surface area contributed by atoms with Crippen LogP contribution in [0.25, 0.3) is 0 Å². The number of hydrogen-bond acceptors (Lipinski definition) is 4. The topological polar surface area (TPSA) is 65.5 Å². The standard InChI is InChI=1S/C20H22ClN3O2/c21-15-5-6-18(22-12-15)23-19(26)13-24-9-7-20(8-10-24)16-4-2-1-3-14(16)11-17(20)25/h1-6,12,17,25H,7-11,13H2,(H,22,23,26). The van der Waals surface area contributed by atoms with Gasteiger partial charge in [-0.3, -0.25) is 9.69 Å². The highest BCUT2D eigenvalue weighted by Crippen LogP contribution is 2.46. The Balaban J connectivity index is 1.37. The van der Waals surface area contributed by atoms with Crippen molar-refractivity contribution in [1.82, 2.24) is 9.88 Å². The van der Waals surface area contributed by atoms with Crippen LogP contribution in [0, 0.1) is 0 Å². The molecule has 0 radical (unpaired) electrons. The van der Waals surface area contributed by atoms with Crippen molar-refractivity contribution >= 4 is 23.3 Å². The normalized spacial score (nSPS) is 21.5. The predicted octanol–water partition coefficient (Wildman–Crippen LogP) is 2.62. The van der Waals surface area contributed by atoms with Crippen LogP contribution in [0.4, 0.5) is 5.82 Å². The van der Waals surface area contributed by atoms with E-state index in [4.69, 9.17) is 11.6 Å². The molecule has 0 saturated carbocycles. The lowest BCUT2D eigenvalue weighted by atomic mass is 9.72. The second-order valence-corrected chi connectivity index (χ2v) is 7.66. The van der Waals surface area contributed by atoms with E-state index in [0.717, 1.165) is 32.4 Å². The van der Waals surface area contributed by atoms with Crippen LogP contribution in [0.3, 0.4) is 0 Å². The average molecular weight is 372 g/mol. The SMILES string of the molecule is O=C(CN1CCC2(CC1)c1ccccc1CC2O)Nc1ccc(Cl)cn1. The van der Waals surface area contributed by atoms with Gasteiger partial charge in [-0.15, -0.1) is 0 Å². The zero-order valence-corrected chi connectivity index (χ0v) is 15.2. The number of fused-ring (bicyclic) bond motifs is 2. The molecular formula is C20H22ClN3O2. The van der Waals surface area contributed by atoms with Crippen LogP contribution in [-0.2, 0) is 16.6 Å². The van der Waals surface area contributed by atoms with E-state index >= 15 is 0 Å². The van der Waals surface area contributed by atoms with Crippen molar-refractivity contribution in [2.24, 2.45) is 0 Å². The van der Waals surface area contributed by atoms with E-state index in [1.807, 2.05) is 6.07 Å². The van der Waals surface area contributed by atoms with Gasteiger partial charge < -0.3 is 10.4 Å². The van der Waals surface area contributed by atoms with Crippen molar-refractivity contribution in [2.75, 3.05) is 25.0 Å². The monoisotopic (exact) mass is 371 g/mol. The summed E-state index contributed by atoms with van der Waals surface area (Å²) in [4.78, 5) is 18.5. The number of nitrogens with zero attached hydrogens (tertiary/aromatic N) is 2. The number of rotatable bonds is 3. The van der Waals surface area contributed by atoms with Crippen LogP contribution in [0.1, 0.15) is 24.0 Å². The summed E-state index contributed by atoms with van der Waals surface area (Å²) in [5.74, 6) is 0.427. The molecule has 4 rings (SSSR count). The molecule has 0 bridgehead atoms. The molecule has 1 fully saturated rings. The van der Waals surface area contributed by atoms with Crippen LogP contribution in [0.2, 0.25) is 5.02 Å². The average Bonchev–Trinajstić information content (AvgIpc) is 2.91. The van der Waals surface area contributed by atoms with Crippen molar-refractivity contribution in [1.29, 1.82) is 0 Å². The number of carbonyl (C=O) groups excluding carboxylic acids is 1. The number of aliphatic hydroxyl groups is 1. The van der Waals surface area contributed by atoms with Gasteiger partial charge in [0.15, 0.2) is 0 Å². The molecule has 1 atom stereocenters. The predicted molar refractivity (Wildman–Crippen MR) is 101 cm³/mol. The molecule has 26 heavy (non-hydrogen) atoms. The summed E-state index contributed by atoms with van der Waals surface area (Å²) >= 11 is 5.81. The molecule has 136 valence electrons. The maximum Gasteiger partial charge on any atom is 0.239 e. The molecule has 1 aliphatic carbocycles. The fourth-order valence-corrected chi connectivity index (χ4v) is 4.43. The number of aromatic nitrogens is 1. The largest absolute Gasteiger partial charge is 0.392 e. The van der Waals surface area contributed by atoms with Crippen molar-refractivity contribution in [3.63, 3.8) is 0 Å². The first-order valence-electron chi connectivity index (χ1n) is 8.97. The summed E-state index contributed by atoms with van der Waals surface area (Å²) < 4.78 is 0. The highest BCUT2D eigenvalue weighted by atomic mass is 35.5. The van der Waals surface area contributed by atoms with Crippen LogP contribution in [0.15, 0.2) is 42.6 Å². The van der Waals surface area contributed by atoms with Gasteiger partial charge in [-0.25, -0.2) is 4.98 Å². The van der Waals surface area contributed by atoms with Crippen molar-refractivity contribution in [2.45, 2.75) is 30.8 Å². The lowest BCUT2D eigenvalue weighted by Crippen LogP contribution is -2.49. The zero-order chi connectivity index (χ0) is 18.1. The summed E-state index contributed by atoms with van der Waals surface area (Å²) in [5, 5.41) is 14.0. The molecule has 2 aromatic rings. The van der Waals surface area contributed by atoms with Crippen LogP contribution >= 0.6 is 11.6 Å². The zero-order valence-electron chi connectivity index (χ0n) is 14.5. The molecule has 2 N–H and O–H groups in total. The number of hydrogen-bond donors (Lipinski definition) is 2. The minimum atomic E-state index is -0.325. The van der Waals surface area contributed by atoms with Gasteiger partial charge in [0.1, 0.15) is 5.82 Å². The van der Waals surface area contributed by atoms with Gasteiger partial charge in [0, 0.05) is 11.6 Å². The third kappa shape index (κ3) is 3.22. The molecule has 2 heterocycles. The number of aliphatic hydroxyl groups excluding tert-OH is 1. The molecule has 1 amide bonds. The first-order valence-corrected chi connectivity index (χ1v) is 9.35. The Morgan fingerprint density at radius 2 is 2.04 bits per heavy atom. The molecule has 2 aliphatic rings. The van der Waals surface area contributed by atoms with E-state index in [9.17, 15) is 9.90 Å². The minimum Gasteiger partial charge on any atom is -0.392 e. The fourth-order valence-electron chi connectivity index (χ4n) is 4.32. The second kappa shape index (κ2) is 6.99. The minimum absolute atomic E-state index is 0.0804. The van der Waals surface area contributed by atoms with Gasteiger partial charge in [-0.1, -0.05) is 35.9 Å². The van der Waals surface area contributed by atoms with Crippen LogP contribution < -0.4 is 5.32 Å². The van der Waals surface area contributed by atoms with Gasteiger partial charge in [-0.05, 0) is 55.6 Å². The highest BCUT2D eigenvalue weighted by molar-refractivity contribution is 6.30. The highest BCUT2D eigenvalue weighted by Gasteiger charge is 2.47. The molecule has 1 aromatic heterocycles. The summed E-state index contributed by atoms with van der Waals surface area (Å²) in [5.41, 5.74) is 2.41. The first-order chi connectivity index (χ1) is 12.6. The third-order valence-corrected chi connectivity index (χ3v) is 5.94. The molecule has 6 heteroatoms. The van der Waals surface area contributed by atoms with Crippen LogP contribution in [0.5, 0.6) is 0 Å². The first kappa shape index (κ1) is 17.5. The Kier molecular flexibility index (Phi) is 4.69. The summed E-state index contributed by atoms with van der Waals surface area (Å²) in [6.07, 6.45) is 3.67. The Morgan fingerprint density at radius 3 is 2.77 bits per heavy atom. The van der Waals surface area contributed by atoms with E-state index in [-0.39, 0.29) is 17.4 Å². The number of amides is 1. The lowest BCUT2D eigenvalue weighted by Gasteiger charge is -2.42. The Hall–Kier alpha value is -1.95. The number of piperidine rings is 1. The van der Waals surface area contributed by atoms with Gasteiger partial charge >= 0.3 is 0 Å². The smallest absolute Gasteiger partial charge is 0.239 e. The molecule has 5 nitrogen and oxygen atoms in total. The van der Waals surface area contributed by atoms with Gasteiger partial charge in [0.2, 0.25) is 5.91 Å². The van der Waals surface area contributed by atoms with Gasteiger partial charge in [0.25, 0.3) is 0 Å². The molecular weight excluding hydrogens is 350 g/mol. The number of halogens is 1. The van der Waals surface area contributed by atoms with Gasteiger partial charge in [0.05, 0.1) is 17.7 Å². The van der Waals surface area contributed by atoms with E-state index in [0.29, 0.717) is 17.4 Å². The second-order valence-electron chi connectivity index (χ2n) is 7.22. The summed E-state index contributed by atoms with van der Waals surface area (Å²) in [6.45, 7) is 1.93. The van der Waals surface area contributed by atoms with Crippen molar-refractivity contribution < 1.29 is 9.90 Å². The molecule has 1 unspecified atom stereocenters. The molecule has 1 aliphatic heterocycles. The van der Waals surface area contributed by atoms with Gasteiger partial charge in [-0.2, -0.15) is 0 Å². The molecule has 1 aromatic carbocycles. The maximum absolute atomic E-state index is 12.3. The lowest BCUT2D eigenvalue weighted by molar-refractivity contribution is -0.117. The number of likely N-dealkylation sites (tertiary alicyclic amines) is 1. The number of pyridine rings is 1. The van der Waals surface area contributed by atoms with E-state index in [1.54, 1.807) is 12.1 Å². The van der Waals surface area contributed by atoms with Crippen LogP contribution in [-0.4, -0.2) is 46.6 Å². The Morgan fingerprint density at radius 1 is 1.27 bits per heavy atom. The Labute approximate surface area is 158 Å². The number of nitrogens with one attached hydrogen (secondary N) is 1. The van der Waals surface area contributed by atoms with E-state index < -0.39 is 0 Å². The summed E-state index contributed by atoms with van der Waals surface area (Å²) in [6, 6.07) is 11.8. The van der Waals surface area contributed by atoms with E-state index in [1.165, 1.54) is 17.3 Å². The number of benzene rings is 1. The van der Waals surface area contributed by atoms with Crippen molar-refractivity contribution in [3.8, 4) is 0 Å². The Bertz CT molecular complexity index is 801. The van der Waals surface area contributed by atoms with E-state index in [2.05, 4.69) is 33.4 Å².